The lowest BCUT2D eigenvalue weighted by Crippen LogP contribution is -2.32. The van der Waals surface area contributed by atoms with E-state index >= 15 is 0 Å². The zero-order valence-electron chi connectivity index (χ0n) is 9.38. The van der Waals surface area contributed by atoms with Crippen molar-refractivity contribution in [2.45, 2.75) is 38.6 Å². The number of carbonyl (C=O) groups is 2. The molecule has 0 aliphatic carbocycles. The van der Waals surface area contributed by atoms with Gasteiger partial charge in [0, 0.05) is 26.7 Å². The van der Waals surface area contributed by atoms with Gasteiger partial charge in [-0.3, -0.25) is 4.79 Å². The van der Waals surface area contributed by atoms with Gasteiger partial charge in [-0.1, -0.05) is 4.86 Å². The van der Waals surface area contributed by atoms with Gasteiger partial charge in [0.2, 0.25) is 0 Å². The Morgan fingerprint density at radius 2 is 2.25 bits per heavy atom. The molecule has 7 heteroatoms. The van der Waals surface area contributed by atoms with E-state index < -0.39 is 11.5 Å². The number of rotatable bonds is 7. The number of hydrogen-bond donors (Lipinski definition) is 1. The lowest BCUT2D eigenvalue weighted by atomic mass is 10.00. The lowest BCUT2D eigenvalue weighted by molar-refractivity contribution is -0.625. The van der Waals surface area contributed by atoms with Crippen LogP contribution in [0.1, 0.15) is 33.1 Å². The SMILES string of the molecule is CC(C)(CCC(=O)OCCC=O)[N+]([O-])=NO. The number of nitrogens with zero attached hydrogens (tertiary/aromatic N) is 2. The topological polar surface area (TPSA) is 102 Å². The fraction of sp³-hybridized carbons (Fsp3) is 0.778. The second-order valence-corrected chi connectivity index (χ2v) is 3.85. The number of aldehydes is 1. The normalized spacial score (nSPS) is 12.2. The van der Waals surface area contributed by atoms with Gasteiger partial charge in [0.1, 0.15) is 6.29 Å². The van der Waals surface area contributed by atoms with Crippen molar-refractivity contribution < 1.29 is 24.4 Å². The predicted octanol–water partition coefficient (Wildman–Crippen LogP) is 1.03. The first-order chi connectivity index (χ1) is 7.44. The molecule has 0 heterocycles. The summed E-state index contributed by atoms with van der Waals surface area (Å²) >= 11 is 0. The van der Waals surface area contributed by atoms with Gasteiger partial charge < -0.3 is 19.9 Å². The molecule has 0 saturated carbocycles. The fourth-order valence-electron chi connectivity index (χ4n) is 0.918. The van der Waals surface area contributed by atoms with Crippen LogP contribution in [0.3, 0.4) is 0 Å². The number of hydrogen-bond acceptors (Lipinski definition) is 5. The third kappa shape index (κ3) is 5.28. The van der Waals surface area contributed by atoms with Gasteiger partial charge in [0.25, 0.3) is 0 Å². The van der Waals surface area contributed by atoms with E-state index in [-0.39, 0.29) is 30.7 Å². The van der Waals surface area contributed by atoms with Crippen LogP contribution >= 0.6 is 0 Å². The van der Waals surface area contributed by atoms with Gasteiger partial charge in [-0.05, 0) is 0 Å². The lowest BCUT2D eigenvalue weighted by Gasteiger charge is -2.18. The molecule has 0 aromatic heterocycles. The van der Waals surface area contributed by atoms with E-state index in [0.29, 0.717) is 6.29 Å². The Morgan fingerprint density at radius 3 is 2.75 bits per heavy atom. The average molecular weight is 232 g/mol. The number of carbonyl (C=O) groups excluding carboxylic acids is 2. The van der Waals surface area contributed by atoms with Crippen LogP contribution in [0.25, 0.3) is 0 Å². The Morgan fingerprint density at radius 1 is 1.62 bits per heavy atom. The smallest absolute Gasteiger partial charge is 0.306 e. The van der Waals surface area contributed by atoms with Crippen LogP contribution < -0.4 is 0 Å². The summed E-state index contributed by atoms with van der Waals surface area (Å²) in [5, 5.41) is 21.8. The first-order valence-electron chi connectivity index (χ1n) is 4.85. The highest BCUT2D eigenvalue weighted by atomic mass is 16.6. The minimum Gasteiger partial charge on any atom is -0.597 e. The third-order valence-electron chi connectivity index (χ3n) is 2.04. The van der Waals surface area contributed by atoms with E-state index in [0.717, 1.165) is 0 Å². The molecule has 0 aromatic carbocycles. The Kier molecular flexibility index (Phi) is 6.06. The summed E-state index contributed by atoms with van der Waals surface area (Å²) in [4.78, 5) is 21.2. The highest BCUT2D eigenvalue weighted by molar-refractivity contribution is 5.69. The van der Waals surface area contributed by atoms with Crippen LogP contribution in [0, 0.1) is 5.21 Å². The van der Waals surface area contributed by atoms with Crippen LogP contribution in [0.5, 0.6) is 0 Å². The molecular weight excluding hydrogens is 216 g/mol. The molecule has 0 rings (SSSR count). The van der Waals surface area contributed by atoms with E-state index in [2.05, 4.69) is 5.28 Å². The van der Waals surface area contributed by atoms with Gasteiger partial charge in [-0.25, -0.2) is 0 Å². The van der Waals surface area contributed by atoms with E-state index in [1.54, 1.807) is 13.8 Å². The van der Waals surface area contributed by atoms with E-state index in [9.17, 15) is 14.8 Å². The molecule has 0 aliphatic rings. The molecule has 16 heavy (non-hydrogen) atoms. The maximum atomic E-state index is 11.1. The van der Waals surface area contributed by atoms with E-state index in [1.807, 2.05) is 0 Å². The van der Waals surface area contributed by atoms with Crippen molar-refractivity contribution in [1.82, 2.24) is 0 Å². The molecule has 0 bridgehead atoms. The van der Waals surface area contributed by atoms with Gasteiger partial charge in [-0.15, -0.1) is 0 Å². The summed E-state index contributed by atoms with van der Waals surface area (Å²) in [6.07, 6.45) is 1.04. The maximum Gasteiger partial charge on any atom is 0.306 e. The standard InChI is InChI=1S/C9H16N2O5/c1-9(2,11(15)10-14)5-4-8(13)16-7-3-6-12/h6,14H,3-5,7H2,1-2H3. The minimum absolute atomic E-state index is 0.0279. The summed E-state index contributed by atoms with van der Waals surface area (Å²) in [5.74, 6) is -0.485. The molecule has 0 fully saturated rings. The highest BCUT2D eigenvalue weighted by Crippen LogP contribution is 2.16. The summed E-state index contributed by atoms with van der Waals surface area (Å²) < 4.78 is 4.71. The molecular formula is C9H16N2O5. The average Bonchev–Trinajstić information content (AvgIpc) is 2.25. The molecule has 1 N–H and O–H groups in total. The predicted molar refractivity (Wildman–Crippen MR) is 52.8 cm³/mol. The minimum atomic E-state index is -0.974. The first-order valence-corrected chi connectivity index (χ1v) is 4.85. The van der Waals surface area contributed by atoms with Crippen LogP contribution in [0.15, 0.2) is 5.28 Å². The van der Waals surface area contributed by atoms with Gasteiger partial charge in [0.15, 0.2) is 10.8 Å². The van der Waals surface area contributed by atoms with Crippen LogP contribution in [-0.2, 0) is 14.3 Å². The second kappa shape index (κ2) is 6.76. The molecule has 0 aromatic rings. The maximum absolute atomic E-state index is 11.1. The van der Waals surface area contributed by atoms with Crippen molar-refractivity contribution in [1.29, 1.82) is 0 Å². The first kappa shape index (κ1) is 14.3. The summed E-state index contributed by atoms with van der Waals surface area (Å²) in [6.45, 7) is 3.13. The van der Waals surface area contributed by atoms with E-state index in [1.165, 1.54) is 0 Å². The number of esters is 1. The zero-order chi connectivity index (χ0) is 12.6. The highest BCUT2D eigenvalue weighted by Gasteiger charge is 2.30. The van der Waals surface area contributed by atoms with Gasteiger partial charge >= 0.3 is 5.97 Å². The quantitative estimate of drug-likeness (QED) is 0.176. The molecule has 7 nitrogen and oxygen atoms in total. The third-order valence-corrected chi connectivity index (χ3v) is 2.04. The van der Waals surface area contributed by atoms with Crippen molar-refractivity contribution in [2.24, 2.45) is 5.28 Å². The molecule has 0 aliphatic heterocycles. The zero-order valence-corrected chi connectivity index (χ0v) is 9.38. The number of hydroxylamine groups is 1. The summed E-state index contributed by atoms with van der Waals surface area (Å²) in [7, 11) is 0. The van der Waals surface area contributed by atoms with Crippen molar-refractivity contribution >= 4 is 12.3 Å². The van der Waals surface area contributed by atoms with E-state index in [4.69, 9.17) is 9.94 Å². The van der Waals surface area contributed by atoms with Crippen LogP contribution in [-0.4, -0.2) is 34.5 Å². The molecule has 0 amide bonds. The van der Waals surface area contributed by atoms with Crippen molar-refractivity contribution in [3.8, 4) is 0 Å². The summed E-state index contributed by atoms with van der Waals surface area (Å²) in [6, 6.07) is 0. The fourth-order valence-corrected chi connectivity index (χ4v) is 0.918. The van der Waals surface area contributed by atoms with Crippen molar-refractivity contribution in [2.75, 3.05) is 6.61 Å². The molecule has 0 radical (unpaired) electrons. The number of ether oxygens (including phenoxy) is 1. The Balaban J connectivity index is 3.95. The van der Waals surface area contributed by atoms with Crippen LogP contribution in [0.2, 0.25) is 0 Å². The molecule has 0 unspecified atom stereocenters. The Hall–Kier alpha value is -1.66. The van der Waals surface area contributed by atoms with Crippen LogP contribution in [0.4, 0.5) is 0 Å². The molecule has 0 atom stereocenters. The Labute approximate surface area is 93.2 Å². The molecule has 0 saturated heterocycles. The van der Waals surface area contributed by atoms with Gasteiger partial charge in [0.05, 0.1) is 13.0 Å². The monoisotopic (exact) mass is 232 g/mol. The molecule has 0 spiro atoms. The molecule has 92 valence electrons. The van der Waals surface area contributed by atoms with Crippen molar-refractivity contribution in [3.05, 3.63) is 5.21 Å². The summed E-state index contributed by atoms with van der Waals surface area (Å²) in [5.41, 5.74) is -0.974. The van der Waals surface area contributed by atoms with Gasteiger partial charge in [-0.2, -0.15) is 0 Å². The van der Waals surface area contributed by atoms with Crippen molar-refractivity contribution in [3.63, 3.8) is 0 Å². The largest absolute Gasteiger partial charge is 0.597 e. The second-order valence-electron chi connectivity index (χ2n) is 3.85. The Bertz CT molecular complexity index is 275.